The van der Waals surface area contributed by atoms with Gasteiger partial charge in [0, 0.05) is 38.4 Å². The topological polar surface area (TPSA) is 193 Å². The zero-order valence-corrected chi connectivity index (χ0v) is 21.7. The molecule has 0 aromatic carbocycles. The summed E-state index contributed by atoms with van der Waals surface area (Å²) in [4.78, 5) is 74.8. The highest BCUT2D eigenvalue weighted by Gasteiger charge is 2.38. The molecule has 3 rings (SSSR count). The fourth-order valence-corrected chi connectivity index (χ4v) is 4.97. The van der Waals surface area contributed by atoms with Crippen molar-refractivity contribution in [2.75, 3.05) is 38.3 Å². The summed E-state index contributed by atoms with van der Waals surface area (Å²) < 4.78 is 6.79. The van der Waals surface area contributed by atoms with E-state index < -0.39 is 67.0 Å². The van der Waals surface area contributed by atoms with Crippen LogP contribution in [0.4, 0.5) is 0 Å². The molecule has 0 bridgehead atoms. The van der Waals surface area contributed by atoms with Crippen LogP contribution in [0.25, 0.3) is 0 Å². The molecule has 1 aromatic rings. The summed E-state index contributed by atoms with van der Waals surface area (Å²) in [5.41, 5.74) is 0.365. The molecule has 0 saturated carbocycles. The van der Waals surface area contributed by atoms with Crippen LogP contribution in [0, 0.1) is 0 Å². The van der Waals surface area contributed by atoms with Crippen LogP contribution in [0.1, 0.15) is 23.3 Å². The quantitative estimate of drug-likeness (QED) is 0.272. The van der Waals surface area contributed by atoms with E-state index in [1.165, 1.54) is 11.8 Å². The molecule has 2 aliphatic heterocycles. The normalized spacial score (nSPS) is 22.8. The number of hydrogen-bond donors (Lipinski definition) is 2. The van der Waals surface area contributed by atoms with Crippen molar-refractivity contribution in [3.05, 3.63) is 24.0 Å². The maximum absolute atomic E-state index is 12.7. The highest BCUT2D eigenvalue weighted by Crippen LogP contribution is 2.20. The van der Waals surface area contributed by atoms with Gasteiger partial charge in [0.15, 0.2) is 0 Å². The molecule has 1 aromatic heterocycles. The van der Waals surface area contributed by atoms with Crippen molar-refractivity contribution in [2.24, 2.45) is 7.05 Å². The average Bonchev–Trinajstić information content (AvgIpc) is 3.57. The Morgan fingerprint density at radius 1 is 0.947 bits per heavy atom. The van der Waals surface area contributed by atoms with E-state index in [2.05, 4.69) is 10.6 Å². The smallest absolute Gasteiger partial charge is 0.268 e. The summed E-state index contributed by atoms with van der Waals surface area (Å²) in [6.45, 7) is -1.44. The second-order valence-electron chi connectivity index (χ2n) is 9.10. The molecule has 2 aliphatic rings. The number of ether oxygens (including phenoxy) is 1. The number of likely N-dealkylation sites (tertiary alicyclic amines) is 2. The molecule has 15 heteroatoms. The van der Waals surface area contributed by atoms with Gasteiger partial charge in [-0.05, 0) is 31.2 Å². The number of thioether (sulfide) groups is 1. The molecule has 38 heavy (non-hydrogen) atoms. The van der Waals surface area contributed by atoms with Gasteiger partial charge in [-0.15, -0.1) is 0 Å². The summed E-state index contributed by atoms with van der Waals surface area (Å²) in [5, 5.41) is 28.5. The van der Waals surface area contributed by atoms with E-state index in [1.54, 1.807) is 36.2 Å². The molecule has 4 atom stereocenters. The summed E-state index contributed by atoms with van der Waals surface area (Å²) in [7, 11) is 1.68. The van der Waals surface area contributed by atoms with Crippen LogP contribution >= 0.6 is 11.8 Å². The highest BCUT2D eigenvalue weighted by molar-refractivity contribution is 7.99. The molecule has 14 nitrogen and oxygen atoms in total. The molecule has 2 saturated heterocycles. The first kappa shape index (κ1) is 29.0. The van der Waals surface area contributed by atoms with Gasteiger partial charge in [0.05, 0.1) is 29.8 Å². The van der Waals surface area contributed by atoms with Gasteiger partial charge in [0.1, 0.15) is 18.9 Å². The third-order valence-electron chi connectivity index (χ3n) is 6.39. The Bertz CT molecular complexity index is 1090. The molecular weight excluding hydrogens is 522 g/mol. The number of rotatable bonds is 11. The minimum Gasteiger partial charge on any atom is -0.548 e. The number of carboxylic acid groups (broad SMARTS) is 2. The number of aromatic nitrogens is 1. The first-order valence-electron chi connectivity index (χ1n) is 11.8. The molecule has 4 amide bonds. The van der Waals surface area contributed by atoms with Crippen LogP contribution in [0.15, 0.2) is 18.3 Å². The number of nitrogens with one attached hydrogen (secondary N) is 2. The van der Waals surface area contributed by atoms with Crippen LogP contribution in [0.5, 0.6) is 0 Å². The molecule has 2 N–H and O–H groups in total. The lowest BCUT2D eigenvalue weighted by atomic mass is 10.1. The average molecular weight is 552 g/mol. The molecule has 3 heterocycles. The number of carbonyl (C=O) groups is 6. The second-order valence-corrected chi connectivity index (χ2v) is 9.96. The second kappa shape index (κ2) is 12.8. The fourth-order valence-electron chi connectivity index (χ4n) is 4.63. The molecule has 208 valence electrons. The summed E-state index contributed by atoms with van der Waals surface area (Å²) in [6, 6.07) is -0.499. The van der Waals surface area contributed by atoms with Crippen molar-refractivity contribution >= 4 is 47.3 Å². The molecule has 2 fully saturated rings. The van der Waals surface area contributed by atoms with Crippen LogP contribution in [0.2, 0.25) is 0 Å². The van der Waals surface area contributed by atoms with E-state index in [-0.39, 0.29) is 37.6 Å². The molecule has 0 aliphatic carbocycles. The number of nitrogens with zero attached hydrogens (tertiary/aromatic N) is 3. The Morgan fingerprint density at radius 3 is 1.92 bits per heavy atom. The van der Waals surface area contributed by atoms with Gasteiger partial charge in [-0.25, -0.2) is 0 Å². The number of carboxylic acids is 2. The Labute approximate surface area is 222 Å². The van der Waals surface area contributed by atoms with Gasteiger partial charge in [-0.3, -0.25) is 19.2 Å². The summed E-state index contributed by atoms with van der Waals surface area (Å²) >= 11 is 1.30. The van der Waals surface area contributed by atoms with Crippen molar-refractivity contribution in [1.82, 2.24) is 25.0 Å². The monoisotopic (exact) mass is 551 g/mol. The Balaban J connectivity index is 1.52. The molecule has 0 radical (unpaired) electrons. The third kappa shape index (κ3) is 7.04. The van der Waals surface area contributed by atoms with Crippen LogP contribution in [-0.4, -0.2) is 112 Å². The number of aryl methyl sites for hydroxylation is 1. The van der Waals surface area contributed by atoms with Crippen molar-refractivity contribution in [1.29, 1.82) is 0 Å². The van der Waals surface area contributed by atoms with Crippen molar-refractivity contribution < 1.29 is 43.7 Å². The van der Waals surface area contributed by atoms with Gasteiger partial charge in [-0.1, -0.05) is 0 Å². The first-order chi connectivity index (χ1) is 18.0. The first-order valence-corrected chi connectivity index (χ1v) is 13.2. The predicted octanol–water partition coefficient (Wildman–Crippen LogP) is -4.31. The van der Waals surface area contributed by atoms with Gasteiger partial charge < -0.3 is 49.5 Å². The number of hydrogen-bond acceptors (Lipinski definition) is 10. The van der Waals surface area contributed by atoms with E-state index in [4.69, 9.17) is 4.74 Å². The largest absolute Gasteiger partial charge is 0.548 e. The van der Waals surface area contributed by atoms with Gasteiger partial charge in [0.25, 0.3) is 5.91 Å². The highest BCUT2D eigenvalue weighted by atomic mass is 32.2. The van der Waals surface area contributed by atoms with Crippen molar-refractivity contribution in [2.45, 2.75) is 37.0 Å². The number of amides is 4. The van der Waals surface area contributed by atoms with E-state index in [0.717, 1.165) is 9.80 Å². The van der Waals surface area contributed by atoms with E-state index in [0.29, 0.717) is 5.69 Å². The minimum atomic E-state index is -1.49. The molecule has 0 unspecified atom stereocenters. The summed E-state index contributed by atoms with van der Waals surface area (Å²) in [5.74, 6) is -4.96. The third-order valence-corrected chi connectivity index (χ3v) is 6.94. The molecule has 0 spiro atoms. The van der Waals surface area contributed by atoms with Gasteiger partial charge >= 0.3 is 0 Å². The maximum Gasteiger partial charge on any atom is 0.268 e. The van der Waals surface area contributed by atoms with E-state index in [1.807, 2.05) is 0 Å². The maximum atomic E-state index is 12.7. The van der Waals surface area contributed by atoms with Crippen molar-refractivity contribution in [3.63, 3.8) is 0 Å². The lowest BCUT2D eigenvalue weighted by Crippen LogP contribution is -2.49. The lowest BCUT2D eigenvalue weighted by molar-refractivity contribution is -0.311. The fraction of sp³-hybridized carbons (Fsp3) is 0.565. The number of carbonyl (C=O) groups excluding carboxylic acids is 6. The predicted molar refractivity (Wildman–Crippen MR) is 128 cm³/mol. The number of aliphatic carboxylic acids is 2. The minimum absolute atomic E-state index is 0.0238. The summed E-state index contributed by atoms with van der Waals surface area (Å²) in [6.07, 6.45) is 3.34. The van der Waals surface area contributed by atoms with Crippen molar-refractivity contribution in [3.8, 4) is 0 Å². The zero-order valence-electron chi connectivity index (χ0n) is 20.9. The van der Waals surface area contributed by atoms with E-state index >= 15 is 0 Å². The lowest BCUT2D eigenvalue weighted by Gasteiger charge is -2.26. The Hall–Kier alpha value is -3.59. The molecular formula is C23H29N5O9S-2. The Kier molecular flexibility index (Phi) is 9.74. The SMILES string of the molecule is CSCC(=O)N[C@H]1C[C@@H](C(=O)[O-])N(C(=O)COCC(=O)N2C[C@@H](NC(=O)c3cccn3C)C[C@H]2C(=O)[O-])C1. The van der Waals surface area contributed by atoms with Crippen LogP contribution in [0.3, 0.4) is 0 Å². The van der Waals surface area contributed by atoms with Gasteiger partial charge in [-0.2, -0.15) is 11.8 Å². The van der Waals surface area contributed by atoms with E-state index in [9.17, 15) is 39.0 Å². The van der Waals surface area contributed by atoms with Crippen LogP contribution < -0.4 is 20.8 Å². The van der Waals surface area contributed by atoms with Crippen LogP contribution in [-0.2, 0) is 35.8 Å². The Morgan fingerprint density at radius 2 is 1.47 bits per heavy atom. The van der Waals surface area contributed by atoms with Gasteiger partial charge in [0.2, 0.25) is 17.7 Å². The zero-order chi connectivity index (χ0) is 28.0. The standard InChI is InChI=1S/C23H31N5O9S/c1-26-5-3-4-15(26)21(32)25-14-7-17(23(35)36)28(9-14)20(31)11-37-10-19(30)27-8-13(6-16(27)22(33)34)24-18(29)12-38-2/h3-5,13-14,16-17H,6-12H2,1-2H3,(H,24,29)(H,25,32)(H,33,34)(H,35,36)/p-2/t13-,14-,16-,17-/m0/s1.